The molecule has 2 nitrogen and oxygen atoms in total. The van der Waals surface area contributed by atoms with Gasteiger partial charge in [0.2, 0.25) is 0 Å². The Labute approximate surface area is 100 Å². The standard InChI is InChI=1S/C14H26O2/c1-4-6-7-8-9-10-11-12-13(5-2)14(15)16-3/h7-8,13H,4-6,9-12H2,1-3H3. The molecule has 0 amide bonds. The van der Waals surface area contributed by atoms with Crippen LogP contribution in [-0.2, 0) is 9.53 Å². The van der Waals surface area contributed by atoms with Crippen LogP contribution in [0.1, 0.15) is 58.8 Å². The van der Waals surface area contributed by atoms with Crippen LogP contribution in [-0.4, -0.2) is 13.1 Å². The van der Waals surface area contributed by atoms with Crippen LogP contribution >= 0.6 is 0 Å². The first-order valence-corrected chi connectivity index (χ1v) is 6.49. The molecule has 0 fully saturated rings. The molecule has 2 heteroatoms. The molecular formula is C14H26O2. The Morgan fingerprint density at radius 1 is 1.19 bits per heavy atom. The summed E-state index contributed by atoms with van der Waals surface area (Å²) in [5, 5.41) is 0. The number of esters is 1. The third kappa shape index (κ3) is 7.49. The molecule has 0 aliphatic heterocycles. The minimum absolute atomic E-state index is 0.0518. The summed E-state index contributed by atoms with van der Waals surface area (Å²) in [4.78, 5) is 11.3. The second-order valence-electron chi connectivity index (χ2n) is 4.17. The summed E-state index contributed by atoms with van der Waals surface area (Å²) in [7, 11) is 1.47. The van der Waals surface area contributed by atoms with E-state index in [0.717, 1.165) is 25.7 Å². The molecular weight excluding hydrogens is 200 g/mol. The summed E-state index contributed by atoms with van der Waals surface area (Å²) >= 11 is 0. The number of hydrogen-bond donors (Lipinski definition) is 0. The highest BCUT2D eigenvalue weighted by Gasteiger charge is 2.15. The summed E-state index contributed by atoms with van der Waals surface area (Å²) in [6.45, 7) is 4.23. The first-order valence-electron chi connectivity index (χ1n) is 6.49. The van der Waals surface area contributed by atoms with Crippen LogP contribution in [0.5, 0.6) is 0 Å². The zero-order valence-electron chi connectivity index (χ0n) is 11.0. The maximum atomic E-state index is 11.3. The van der Waals surface area contributed by atoms with Gasteiger partial charge in [-0.1, -0.05) is 38.8 Å². The highest BCUT2D eigenvalue weighted by atomic mass is 16.5. The normalized spacial score (nSPS) is 12.9. The number of methoxy groups -OCH3 is 1. The third-order valence-corrected chi connectivity index (χ3v) is 2.82. The largest absolute Gasteiger partial charge is 0.469 e. The molecule has 1 atom stereocenters. The molecule has 94 valence electrons. The molecule has 0 aliphatic rings. The van der Waals surface area contributed by atoms with Crippen molar-refractivity contribution in [2.75, 3.05) is 7.11 Å². The van der Waals surface area contributed by atoms with E-state index in [-0.39, 0.29) is 11.9 Å². The molecule has 0 aromatic carbocycles. The Morgan fingerprint density at radius 3 is 2.44 bits per heavy atom. The van der Waals surface area contributed by atoms with Gasteiger partial charge in [-0.3, -0.25) is 4.79 Å². The molecule has 16 heavy (non-hydrogen) atoms. The zero-order chi connectivity index (χ0) is 12.2. The average molecular weight is 226 g/mol. The van der Waals surface area contributed by atoms with Crippen molar-refractivity contribution in [3.63, 3.8) is 0 Å². The van der Waals surface area contributed by atoms with Gasteiger partial charge in [-0.25, -0.2) is 0 Å². The van der Waals surface area contributed by atoms with Gasteiger partial charge in [-0.05, 0) is 32.1 Å². The van der Waals surface area contributed by atoms with E-state index in [2.05, 4.69) is 19.1 Å². The number of hydrogen-bond acceptors (Lipinski definition) is 2. The molecule has 0 saturated carbocycles. The fraction of sp³-hybridized carbons (Fsp3) is 0.786. The molecule has 0 spiro atoms. The lowest BCUT2D eigenvalue weighted by atomic mass is 9.99. The van der Waals surface area contributed by atoms with Crippen LogP contribution in [0.25, 0.3) is 0 Å². The van der Waals surface area contributed by atoms with Gasteiger partial charge in [0.15, 0.2) is 0 Å². The van der Waals surface area contributed by atoms with Gasteiger partial charge in [-0.2, -0.15) is 0 Å². The van der Waals surface area contributed by atoms with Gasteiger partial charge < -0.3 is 4.74 Å². The minimum Gasteiger partial charge on any atom is -0.469 e. The summed E-state index contributed by atoms with van der Waals surface area (Å²) in [6, 6.07) is 0. The van der Waals surface area contributed by atoms with Crippen molar-refractivity contribution >= 4 is 5.97 Å². The van der Waals surface area contributed by atoms with Gasteiger partial charge in [0, 0.05) is 0 Å². The third-order valence-electron chi connectivity index (χ3n) is 2.82. The summed E-state index contributed by atoms with van der Waals surface area (Å²) in [5.74, 6) is 0.0497. The van der Waals surface area contributed by atoms with Gasteiger partial charge in [-0.15, -0.1) is 0 Å². The molecule has 0 bridgehead atoms. The van der Waals surface area contributed by atoms with Gasteiger partial charge in [0.1, 0.15) is 0 Å². The molecule has 0 aliphatic carbocycles. The lowest BCUT2D eigenvalue weighted by Gasteiger charge is -2.11. The lowest BCUT2D eigenvalue weighted by Crippen LogP contribution is -2.15. The quantitative estimate of drug-likeness (QED) is 0.336. The maximum absolute atomic E-state index is 11.3. The molecule has 1 unspecified atom stereocenters. The van der Waals surface area contributed by atoms with Crippen LogP contribution in [0, 0.1) is 5.92 Å². The predicted molar refractivity (Wildman–Crippen MR) is 68.3 cm³/mol. The summed E-state index contributed by atoms with van der Waals surface area (Å²) in [6.07, 6.45) is 12.2. The van der Waals surface area contributed by atoms with Crippen LogP contribution < -0.4 is 0 Å². The molecule has 0 saturated heterocycles. The fourth-order valence-corrected chi connectivity index (χ4v) is 1.71. The minimum atomic E-state index is -0.0518. The average Bonchev–Trinajstić information content (AvgIpc) is 2.32. The molecule has 0 rings (SSSR count). The van der Waals surface area contributed by atoms with E-state index in [1.807, 2.05) is 6.92 Å². The molecule has 0 radical (unpaired) electrons. The van der Waals surface area contributed by atoms with Crippen LogP contribution in [0.3, 0.4) is 0 Å². The predicted octanol–water partition coefficient (Wildman–Crippen LogP) is 4.10. The van der Waals surface area contributed by atoms with Crippen molar-refractivity contribution in [3.8, 4) is 0 Å². The van der Waals surface area contributed by atoms with Crippen molar-refractivity contribution in [1.82, 2.24) is 0 Å². The second kappa shape index (κ2) is 10.7. The Kier molecular flexibility index (Phi) is 10.2. The Morgan fingerprint density at radius 2 is 1.88 bits per heavy atom. The van der Waals surface area contributed by atoms with E-state index in [0.29, 0.717) is 0 Å². The number of unbranched alkanes of at least 4 members (excludes halogenated alkanes) is 3. The number of allylic oxidation sites excluding steroid dienone is 2. The van der Waals surface area contributed by atoms with Gasteiger partial charge in [0.25, 0.3) is 0 Å². The Bertz CT molecular complexity index is 197. The van der Waals surface area contributed by atoms with Gasteiger partial charge >= 0.3 is 5.97 Å². The van der Waals surface area contributed by atoms with E-state index in [9.17, 15) is 4.79 Å². The monoisotopic (exact) mass is 226 g/mol. The van der Waals surface area contributed by atoms with Gasteiger partial charge in [0.05, 0.1) is 13.0 Å². The summed E-state index contributed by atoms with van der Waals surface area (Å²) in [5.41, 5.74) is 0. The van der Waals surface area contributed by atoms with E-state index >= 15 is 0 Å². The molecule has 0 N–H and O–H groups in total. The van der Waals surface area contributed by atoms with Crippen molar-refractivity contribution in [2.24, 2.45) is 5.92 Å². The van der Waals surface area contributed by atoms with Crippen molar-refractivity contribution < 1.29 is 9.53 Å². The van der Waals surface area contributed by atoms with E-state index in [1.54, 1.807) is 0 Å². The molecule has 0 aromatic heterocycles. The Balaban J connectivity index is 3.52. The first-order chi connectivity index (χ1) is 7.76. The fourth-order valence-electron chi connectivity index (χ4n) is 1.71. The number of rotatable bonds is 9. The van der Waals surface area contributed by atoms with E-state index in [1.165, 1.54) is 26.4 Å². The lowest BCUT2D eigenvalue weighted by molar-refractivity contribution is -0.145. The highest BCUT2D eigenvalue weighted by Crippen LogP contribution is 2.15. The Hall–Kier alpha value is -0.790. The molecule has 0 heterocycles. The zero-order valence-corrected chi connectivity index (χ0v) is 11.0. The van der Waals surface area contributed by atoms with Crippen molar-refractivity contribution in [1.29, 1.82) is 0 Å². The van der Waals surface area contributed by atoms with Crippen LogP contribution in [0.2, 0.25) is 0 Å². The second-order valence-corrected chi connectivity index (χ2v) is 4.17. The highest BCUT2D eigenvalue weighted by molar-refractivity contribution is 5.72. The SMILES string of the molecule is CCCC=CCCCCC(CC)C(=O)OC. The van der Waals surface area contributed by atoms with Crippen LogP contribution in [0.15, 0.2) is 12.2 Å². The first kappa shape index (κ1) is 15.2. The smallest absolute Gasteiger partial charge is 0.308 e. The van der Waals surface area contributed by atoms with Crippen LogP contribution in [0.4, 0.5) is 0 Å². The number of carbonyl (C=O) groups is 1. The maximum Gasteiger partial charge on any atom is 0.308 e. The number of ether oxygens (including phenoxy) is 1. The topological polar surface area (TPSA) is 26.3 Å². The van der Waals surface area contributed by atoms with E-state index in [4.69, 9.17) is 4.74 Å². The number of carbonyl (C=O) groups excluding carboxylic acids is 1. The van der Waals surface area contributed by atoms with E-state index < -0.39 is 0 Å². The summed E-state index contributed by atoms with van der Waals surface area (Å²) < 4.78 is 4.76. The van der Waals surface area contributed by atoms with Crippen molar-refractivity contribution in [3.05, 3.63) is 12.2 Å². The molecule has 0 aromatic rings. The van der Waals surface area contributed by atoms with Crippen molar-refractivity contribution in [2.45, 2.75) is 58.8 Å².